The average molecular weight is 361 g/mol. The Morgan fingerprint density at radius 1 is 0.571 bits per heavy atom. The van der Waals surface area contributed by atoms with Gasteiger partial charge >= 0.3 is 0 Å². The summed E-state index contributed by atoms with van der Waals surface area (Å²) in [7, 11) is 0. The SMILES string of the molecule is N#Cc1cccc2c1Oc1cc(-c3ccccc3)c(-c3ccccc3)cc1O2. The third kappa shape index (κ3) is 2.69. The molecule has 0 fully saturated rings. The highest BCUT2D eigenvalue weighted by atomic mass is 16.6. The van der Waals surface area contributed by atoms with Crippen LogP contribution in [0.3, 0.4) is 0 Å². The minimum atomic E-state index is 0.455. The summed E-state index contributed by atoms with van der Waals surface area (Å²) in [5, 5.41) is 9.38. The van der Waals surface area contributed by atoms with Crippen molar-refractivity contribution in [3.8, 4) is 51.3 Å². The molecule has 0 N–H and O–H groups in total. The van der Waals surface area contributed by atoms with Crippen molar-refractivity contribution < 1.29 is 9.47 Å². The van der Waals surface area contributed by atoms with Crippen molar-refractivity contribution in [2.75, 3.05) is 0 Å². The Hall–Kier alpha value is -4.03. The first-order valence-electron chi connectivity index (χ1n) is 9.01. The van der Waals surface area contributed by atoms with Gasteiger partial charge in [-0.05, 0) is 46.5 Å². The Bertz CT molecular complexity index is 1210. The number of nitriles is 1. The molecule has 0 spiro atoms. The molecule has 132 valence electrons. The molecule has 0 saturated heterocycles. The molecule has 0 atom stereocenters. The number of nitrogens with zero attached hydrogens (tertiary/aromatic N) is 1. The zero-order chi connectivity index (χ0) is 18.9. The van der Waals surface area contributed by atoms with Crippen molar-refractivity contribution in [2.45, 2.75) is 0 Å². The second-order valence-corrected chi connectivity index (χ2v) is 6.53. The molecule has 4 aromatic rings. The lowest BCUT2D eigenvalue weighted by Crippen LogP contribution is -2.02. The summed E-state index contributed by atoms with van der Waals surface area (Å²) >= 11 is 0. The van der Waals surface area contributed by atoms with E-state index in [1.807, 2.05) is 54.6 Å². The largest absolute Gasteiger partial charge is 0.449 e. The number of hydrogen-bond acceptors (Lipinski definition) is 3. The molecule has 3 nitrogen and oxygen atoms in total. The van der Waals surface area contributed by atoms with Crippen LogP contribution < -0.4 is 9.47 Å². The molecule has 1 heterocycles. The Kier molecular flexibility index (Phi) is 3.81. The molecule has 0 unspecified atom stereocenters. The highest BCUT2D eigenvalue weighted by molar-refractivity contribution is 5.86. The van der Waals surface area contributed by atoms with Crippen LogP contribution in [-0.4, -0.2) is 0 Å². The second kappa shape index (κ2) is 6.61. The summed E-state index contributed by atoms with van der Waals surface area (Å²) in [6.07, 6.45) is 0. The number of ether oxygens (including phenoxy) is 2. The molecular weight excluding hydrogens is 346 g/mol. The van der Waals surface area contributed by atoms with Crippen molar-refractivity contribution >= 4 is 0 Å². The quantitative estimate of drug-likeness (QED) is 0.347. The van der Waals surface area contributed by atoms with Gasteiger partial charge in [-0.3, -0.25) is 0 Å². The standard InChI is InChI=1S/C25H15NO2/c26-16-19-12-7-13-22-25(19)28-24-15-21(18-10-5-2-6-11-18)20(14-23(24)27-22)17-8-3-1-4-9-17/h1-15H. The predicted molar refractivity (Wildman–Crippen MR) is 109 cm³/mol. The van der Waals surface area contributed by atoms with E-state index in [9.17, 15) is 5.26 Å². The number of para-hydroxylation sites is 1. The smallest absolute Gasteiger partial charge is 0.187 e. The van der Waals surface area contributed by atoms with Gasteiger partial charge in [-0.15, -0.1) is 0 Å². The van der Waals surface area contributed by atoms with Gasteiger partial charge in [0.1, 0.15) is 6.07 Å². The van der Waals surface area contributed by atoms with Crippen LogP contribution in [0, 0.1) is 11.3 Å². The summed E-state index contributed by atoms with van der Waals surface area (Å²) in [4.78, 5) is 0. The molecule has 0 aromatic heterocycles. The van der Waals surface area contributed by atoms with Crippen LogP contribution >= 0.6 is 0 Å². The Balaban J connectivity index is 1.72. The van der Waals surface area contributed by atoms with Crippen molar-refractivity contribution in [1.82, 2.24) is 0 Å². The van der Waals surface area contributed by atoms with Gasteiger partial charge in [-0.2, -0.15) is 5.26 Å². The first kappa shape index (κ1) is 16.2. The first-order chi connectivity index (χ1) is 13.8. The van der Waals surface area contributed by atoms with Crippen LogP contribution in [0.1, 0.15) is 5.56 Å². The van der Waals surface area contributed by atoms with Gasteiger partial charge in [0, 0.05) is 0 Å². The van der Waals surface area contributed by atoms with Gasteiger partial charge < -0.3 is 9.47 Å². The lowest BCUT2D eigenvalue weighted by Gasteiger charge is -2.23. The molecule has 0 amide bonds. The molecule has 0 aliphatic carbocycles. The summed E-state index contributed by atoms with van der Waals surface area (Å²) in [6, 6.07) is 31.9. The average Bonchev–Trinajstić information content (AvgIpc) is 2.77. The molecule has 1 aliphatic rings. The fourth-order valence-electron chi connectivity index (χ4n) is 3.45. The predicted octanol–water partition coefficient (Wildman–Crippen LogP) is 6.79. The number of fused-ring (bicyclic) bond motifs is 2. The van der Waals surface area contributed by atoms with Crippen LogP contribution in [0.4, 0.5) is 0 Å². The van der Waals surface area contributed by atoms with Crippen molar-refractivity contribution in [1.29, 1.82) is 5.26 Å². The fraction of sp³-hybridized carbons (Fsp3) is 0. The van der Waals surface area contributed by atoms with E-state index in [0.717, 1.165) is 22.3 Å². The lowest BCUT2D eigenvalue weighted by atomic mass is 9.93. The molecular formula is C25H15NO2. The van der Waals surface area contributed by atoms with E-state index in [1.54, 1.807) is 12.1 Å². The van der Waals surface area contributed by atoms with Crippen LogP contribution in [0.25, 0.3) is 22.3 Å². The van der Waals surface area contributed by atoms with Gasteiger partial charge in [0.25, 0.3) is 0 Å². The topological polar surface area (TPSA) is 42.2 Å². The monoisotopic (exact) mass is 361 g/mol. The van der Waals surface area contributed by atoms with E-state index in [2.05, 4.69) is 30.3 Å². The highest BCUT2D eigenvalue weighted by Crippen LogP contribution is 2.50. The number of benzene rings is 4. The summed E-state index contributed by atoms with van der Waals surface area (Å²) in [5.41, 5.74) is 4.76. The zero-order valence-corrected chi connectivity index (χ0v) is 14.9. The van der Waals surface area contributed by atoms with Crippen molar-refractivity contribution in [3.05, 3.63) is 96.6 Å². The normalized spacial score (nSPS) is 11.4. The number of hydrogen-bond donors (Lipinski definition) is 0. The van der Waals surface area contributed by atoms with Crippen molar-refractivity contribution in [3.63, 3.8) is 0 Å². The minimum absolute atomic E-state index is 0.455. The Labute approximate surface area is 163 Å². The van der Waals surface area contributed by atoms with E-state index in [1.165, 1.54) is 0 Å². The molecule has 0 bridgehead atoms. The van der Waals surface area contributed by atoms with Crippen LogP contribution in [-0.2, 0) is 0 Å². The fourth-order valence-corrected chi connectivity index (χ4v) is 3.45. The summed E-state index contributed by atoms with van der Waals surface area (Å²) in [6.45, 7) is 0. The third-order valence-corrected chi connectivity index (χ3v) is 4.78. The Morgan fingerprint density at radius 3 is 1.71 bits per heavy atom. The van der Waals surface area contributed by atoms with E-state index in [-0.39, 0.29) is 0 Å². The molecule has 3 heteroatoms. The first-order valence-corrected chi connectivity index (χ1v) is 9.01. The van der Waals surface area contributed by atoms with E-state index >= 15 is 0 Å². The zero-order valence-electron chi connectivity index (χ0n) is 14.9. The summed E-state index contributed by atoms with van der Waals surface area (Å²) in [5.74, 6) is 2.26. The Morgan fingerprint density at radius 2 is 1.14 bits per heavy atom. The van der Waals surface area contributed by atoms with Crippen LogP contribution in [0.5, 0.6) is 23.0 Å². The maximum Gasteiger partial charge on any atom is 0.187 e. The van der Waals surface area contributed by atoms with Crippen molar-refractivity contribution in [2.24, 2.45) is 0 Å². The highest BCUT2D eigenvalue weighted by Gasteiger charge is 2.24. The van der Waals surface area contributed by atoms with Gasteiger partial charge in [-0.1, -0.05) is 66.7 Å². The molecule has 0 radical (unpaired) electrons. The maximum absolute atomic E-state index is 9.38. The molecule has 1 aliphatic heterocycles. The van der Waals surface area contributed by atoms with Gasteiger partial charge in [-0.25, -0.2) is 0 Å². The van der Waals surface area contributed by atoms with Gasteiger partial charge in [0.2, 0.25) is 0 Å². The second-order valence-electron chi connectivity index (χ2n) is 6.53. The molecule has 0 saturated carbocycles. The third-order valence-electron chi connectivity index (χ3n) is 4.78. The molecule has 28 heavy (non-hydrogen) atoms. The van der Waals surface area contributed by atoms with Crippen LogP contribution in [0.2, 0.25) is 0 Å². The van der Waals surface area contributed by atoms with E-state index in [4.69, 9.17) is 9.47 Å². The lowest BCUT2D eigenvalue weighted by molar-refractivity contribution is 0.359. The van der Waals surface area contributed by atoms with Gasteiger partial charge in [0.05, 0.1) is 5.56 Å². The van der Waals surface area contributed by atoms with Gasteiger partial charge in [0.15, 0.2) is 23.0 Å². The maximum atomic E-state index is 9.38. The molecule has 5 rings (SSSR count). The summed E-state index contributed by atoms with van der Waals surface area (Å²) < 4.78 is 12.2. The molecule has 4 aromatic carbocycles. The minimum Gasteiger partial charge on any atom is -0.449 e. The van der Waals surface area contributed by atoms with E-state index in [0.29, 0.717) is 28.6 Å². The number of rotatable bonds is 2. The van der Waals surface area contributed by atoms with Crippen LogP contribution in [0.15, 0.2) is 91.0 Å². The van der Waals surface area contributed by atoms with E-state index < -0.39 is 0 Å².